The molecule has 2 rings (SSSR count). The maximum Gasteiger partial charge on any atom is 0.274 e. The van der Waals surface area contributed by atoms with Crippen molar-refractivity contribution in [1.29, 1.82) is 0 Å². The van der Waals surface area contributed by atoms with Crippen molar-refractivity contribution in [2.24, 2.45) is 0 Å². The van der Waals surface area contributed by atoms with E-state index in [2.05, 4.69) is 10.6 Å². The lowest BCUT2D eigenvalue weighted by Crippen LogP contribution is -2.41. The molecule has 0 aromatic heterocycles. The summed E-state index contributed by atoms with van der Waals surface area (Å²) in [6, 6.07) is 6.22. The number of hydrogen-bond acceptors (Lipinski definition) is 5. The van der Waals surface area contributed by atoms with Crippen LogP contribution >= 0.6 is 11.8 Å². The van der Waals surface area contributed by atoms with Crippen LogP contribution in [0.15, 0.2) is 24.3 Å². The van der Waals surface area contributed by atoms with E-state index in [0.29, 0.717) is 5.56 Å². The van der Waals surface area contributed by atoms with Gasteiger partial charge in [-0.3, -0.25) is 20.2 Å². The van der Waals surface area contributed by atoms with Crippen molar-refractivity contribution in [1.82, 2.24) is 10.6 Å². The molecule has 1 aromatic carbocycles. The van der Waals surface area contributed by atoms with Crippen LogP contribution in [0.1, 0.15) is 5.56 Å². The van der Waals surface area contributed by atoms with E-state index in [9.17, 15) is 14.9 Å². The molecule has 1 aliphatic heterocycles. The number of nitrogens with zero attached hydrogens (tertiary/aromatic N) is 1. The molecule has 0 spiro atoms. The van der Waals surface area contributed by atoms with Crippen LogP contribution in [0.3, 0.4) is 0 Å². The molecule has 96 valence electrons. The van der Waals surface area contributed by atoms with E-state index in [1.165, 1.54) is 6.07 Å². The van der Waals surface area contributed by atoms with Gasteiger partial charge in [0.05, 0.1) is 11.0 Å². The Kier molecular flexibility index (Phi) is 4.16. The largest absolute Gasteiger partial charge is 0.350 e. The minimum atomic E-state index is -0.439. The number of amides is 1. The van der Waals surface area contributed by atoms with Gasteiger partial charge in [-0.2, -0.15) is 0 Å². The molecule has 0 saturated carbocycles. The van der Waals surface area contributed by atoms with Crippen LogP contribution in [-0.4, -0.2) is 28.5 Å². The minimum absolute atomic E-state index is 0.0338. The molecule has 1 aromatic rings. The first-order chi connectivity index (χ1) is 8.68. The minimum Gasteiger partial charge on any atom is -0.350 e. The molecule has 1 fully saturated rings. The zero-order valence-corrected chi connectivity index (χ0v) is 10.4. The summed E-state index contributed by atoms with van der Waals surface area (Å²) in [5.74, 6) is 1.39. The van der Waals surface area contributed by atoms with Gasteiger partial charge >= 0.3 is 0 Å². The van der Waals surface area contributed by atoms with E-state index >= 15 is 0 Å². The molecular weight excluding hydrogens is 254 g/mol. The van der Waals surface area contributed by atoms with Gasteiger partial charge in [0.15, 0.2) is 0 Å². The van der Waals surface area contributed by atoms with Crippen molar-refractivity contribution in [3.63, 3.8) is 0 Å². The molecule has 1 saturated heterocycles. The number of rotatable bonds is 4. The Morgan fingerprint density at radius 2 is 2.33 bits per heavy atom. The SMILES string of the molecule is O=C(NCc1ccccc1[N+](=O)[O-])C1CSCN1. The molecule has 1 heterocycles. The standard InChI is InChI=1S/C11H13N3O3S/c15-11(9-6-18-7-13-9)12-5-8-3-1-2-4-10(8)14(16)17/h1-4,9,13H,5-7H2,(H,12,15). The van der Waals surface area contributed by atoms with Crippen LogP contribution < -0.4 is 10.6 Å². The van der Waals surface area contributed by atoms with E-state index in [-0.39, 0.29) is 24.2 Å². The quantitative estimate of drug-likeness (QED) is 0.624. The first-order valence-corrected chi connectivity index (χ1v) is 6.65. The summed E-state index contributed by atoms with van der Waals surface area (Å²) in [7, 11) is 0. The number of nitrogens with one attached hydrogen (secondary N) is 2. The normalized spacial score (nSPS) is 18.6. The van der Waals surface area contributed by atoms with Crippen LogP contribution in [0, 0.1) is 10.1 Å². The fraction of sp³-hybridized carbons (Fsp3) is 0.364. The lowest BCUT2D eigenvalue weighted by Gasteiger charge is -2.10. The molecule has 1 amide bonds. The molecule has 7 heteroatoms. The predicted octanol–water partition coefficient (Wildman–Crippen LogP) is 0.873. The Hall–Kier alpha value is -1.60. The van der Waals surface area contributed by atoms with Crippen LogP contribution in [0.4, 0.5) is 5.69 Å². The zero-order valence-electron chi connectivity index (χ0n) is 9.59. The highest BCUT2D eigenvalue weighted by molar-refractivity contribution is 7.99. The molecule has 0 aliphatic carbocycles. The third kappa shape index (κ3) is 2.99. The van der Waals surface area contributed by atoms with Crippen LogP contribution in [0.5, 0.6) is 0 Å². The summed E-state index contributed by atoms with van der Waals surface area (Å²) in [4.78, 5) is 22.1. The number of para-hydroxylation sites is 1. The number of thioether (sulfide) groups is 1. The maximum atomic E-state index is 11.7. The first kappa shape index (κ1) is 12.8. The number of carbonyl (C=O) groups excluding carboxylic acids is 1. The molecule has 0 radical (unpaired) electrons. The van der Waals surface area contributed by atoms with Gasteiger partial charge in [0.2, 0.25) is 5.91 Å². The predicted molar refractivity (Wildman–Crippen MR) is 69.2 cm³/mol. The van der Waals surface area contributed by atoms with E-state index in [1.807, 2.05) is 0 Å². The van der Waals surface area contributed by atoms with Gasteiger partial charge in [-0.1, -0.05) is 18.2 Å². The zero-order chi connectivity index (χ0) is 13.0. The molecule has 1 aliphatic rings. The second-order valence-corrected chi connectivity index (χ2v) is 4.91. The van der Waals surface area contributed by atoms with Crippen molar-refractivity contribution >= 4 is 23.4 Å². The molecule has 2 N–H and O–H groups in total. The highest BCUT2D eigenvalue weighted by Crippen LogP contribution is 2.17. The lowest BCUT2D eigenvalue weighted by atomic mass is 10.2. The van der Waals surface area contributed by atoms with Gasteiger partial charge in [-0.25, -0.2) is 0 Å². The van der Waals surface area contributed by atoms with Gasteiger partial charge in [-0.05, 0) is 0 Å². The van der Waals surface area contributed by atoms with Crippen molar-refractivity contribution in [3.05, 3.63) is 39.9 Å². The van der Waals surface area contributed by atoms with Gasteiger partial charge < -0.3 is 5.32 Å². The Bertz CT molecular complexity index is 461. The summed E-state index contributed by atoms with van der Waals surface area (Å²) >= 11 is 1.66. The first-order valence-electron chi connectivity index (χ1n) is 5.49. The second kappa shape index (κ2) is 5.83. The van der Waals surface area contributed by atoms with Gasteiger partial charge in [0.25, 0.3) is 5.69 Å². The number of nitro benzene ring substituents is 1. The van der Waals surface area contributed by atoms with E-state index in [4.69, 9.17) is 0 Å². The summed E-state index contributed by atoms with van der Waals surface area (Å²) in [6.07, 6.45) is 0. The lowest BCUT2D eigenvalue weighted by molar-refractivity contribution is -0.385. The van der Waals surface area contributed by atoms with E-state index in [0.717, 1.165) is 11.6 Å². The smallest absolute Gasteiger partial charge is 0.274 e. The van der Waals surface area contributed by atoms with E-state index < -0.39 is 4.92 Å². The average Bonchev–Trinajstić information content (AvgIpc) is 2.90. The Labute approximate surface area is 108 Å². The summed E-state index contributed by atoms with van der Waals surface area (Å²) < 4.78 is 0. The molecule has 1 atom stereocenters. The fourth-order valence-electron chi connectivity index (χ4n) is 1.71. The average molecular weight is 267 g/mol. The third-order valence-corrected chi connectivity index (χ3v) is 3.61. The van der Waals surface area contributed by atoms with Gasteiger partial charge in [-0.15, -0.1) is 11.8 Å². The highest BCUT2D eigenvalue weighted by atomic mass is 32.2. The number of carbonyl (C=O) groups is 1. The van der Waals surface area contributed by atoms with Gasteiger partial charge in [0, 0.05) is 29.8 Å². The van der Waals surface area contributed by atoms with Crippen molar-refractivity contribution in [3.8, 4) is 0 Å². The fourth-order valence-corrected chi connectivity index (χ4v) is 2.65. The van der Waals surface area contributed by atoms with Crippen molar-refractivity contribution in [2.75, 3.05) is 11.6 Å². The molecule has 1 unspecified atom stereocenters. The number of nitro groups is 1. The Morgan fingerprint density at radius 3 is 3.00 bits per heavy atom. The molecule has 18 heavy (non-hydrogen) atoms. The van der Waals surface area contributed by atoms with Crippen molar-refractivity contribution < 1.29 is 9.72 Å². The Balaban J connectivity index is 1.97. The maximum absolute atomic E-state index is 11.7. The van der Waals surface area contributed by atoms with Crippen molar-refractivity contribution in [2.45, 2.75) is 12.6 Å². The second-order valence-electron chi connectivity index (χ2n) is 3.88. The van der Waals surface area contributed by atoms with Crippen LogP contribution in [0.2, 0.25) is 0 Å². The monoisotopic (exact) mass is 267 g/mol. The Morgan fingerprint density at radius 1 is 1.56 bits per heavy atom. The van der Waals surface area contributed by atoms with E-state index in [1.54, 1.807) is 30.0 Å². The van der Waals surface area contributed by atoms with Crippen LogP contribution in [-0.2, 0) is 11.3 Å². The molecular formula is C11H13N3O3S. The number of benzene rings is 1. The highest BCUT2D eigenvalue weighted by Gasteiger charge is 2.22. The van der Waals surface area contributed by atoms with Crippen LogP contribution in [0.25, 0.3) is 0 Å². The van der Waals surface area contributed by atoms with Gasteiger partial charge in [0.1, 0.15) is 0 Å². The summed E-state index contributed by atoms with van der Waals surface area (Å²) in [5, 5.41) is 16.6. The molecule has 0 bridgehead atoms. The number of hydrogen-bond donors (Lipinski definition) is 2. The summed E-state index contributed by atoms with van der Waals surface area (Å²) in [5.41, 5.74) is 0.549. The topological polar surface area (TPSA) is 84.3 Å². The molecule has 6 nitrogen and oxygen atoms in total. The third-order valence-electron chi connectivity index (χ3n) is 2.67. The summed E-state index contributed by atoms with van der Waals surface area (Å²) in [6.45, 7) is 0.179.